The van der Waals surface area contributed by atoms with Crippen LogP contribution < -0.4 is 10.6 Å². The summed E-state index contributed by atoms with van der Waals surface area (Å²) in [6.07, 6.45) is 3.32. The number of aromatic amines is 1. The van der Waals surface area contributed by atoms with Crippen molar-refractivity contribution in [2.75, 3.05) is 18.0 Å². The maximum atomic E-state index is 13.3. The van der Waals surface area contributed by atoms with Gasteiger partial charge in [-0.1, -0.05) is 60.7 Å². The first-order chi connectivity index (χ1) is 18.8. The second-order valence-electron chi connectivity index (χ2n) is 11.3. The quantitative estimate of drug-likeness (QED) is 0.339. The number of carbonyl (C=O) groups excluding carboxylic acids is 1. The zero-order valence-corrected chi connectivity index (χ0v) is 23.0. The third kappa shape index (κ3) is 6.50. The summed E-state index contributed by atoms with van der Waals surface area (Å²) in [4.78, 5) is 37.8. The monoisotopic (exact) mass is 527 g/mol. The average Bonchev–Trinajstić information content (AvgIpc) is 3.23. The number of benzene rings is 2. The van der Waals surface area contributed by atoms with Crippen LogP contribution in [0.1, 0.15) is 44.7 Å². The molecule has 0 bridgehead atoms. The molecule has 4 aromatic rings. The van der Waals surface area contributed by atoms with Crippen LogP contribution in [0.4, 0.5) is 10.6 Å². The molecule has 204 valence electrons. The summed E-state index contributed by atoms with van der Waals surface area (Å²) in [5.74, 6) is 0.902. The lowest BCUT2D eigenvalue weighted by molar-refractivity contribution is 0.0157. The molecule has 1 atom stereocenters. The Balaban J connectivity index is 1.42. The minimum Gasteiger partial charge on any atom is -0.444 e. The topological polar surface area (TPSA) is 83.5 Å². The highest BCUT2D eigenvalue weighted by atomic mass is 16.6. The number of hydrogen-bond donors (Lipinski definition) is 1. The Hall–Kier alpha value is -4.07. The van der Waals surface area contributed by atoms with Gasteiger partial charge in [0.1, 0.15) is 11.1 Å². The van der Waals surface area contributed by atoms with E-state index in [4.69, 9.17) is 9.72 Å². The Labute approximate surface area is 229 Å². The molecule has 5 rings (SSSR count). The van der Waals surface area contributed by atoms with E-state index in [1.807, 2.05) is 63.2 Å². The van der Waals surface area contributed by atoms with Crippen molar-refractivity contribution in [1.82, 2.24) is 19.4 Å². The van der Waals surface area contributed by atoms with Gasteiger partial charge in [0.2, 0.25) is 0 Å². The van der Waals surface area contributed by atoms with Gasteiger partial charge in [-0.15, -0.1) is 0 Å². The Kier molecular flexibility index (Phi) is 7.72. The van der Waals surface area contributed by atoms with E-state index >= 15 is 0 Å². The molecule has 1 amide bonds. The molecule has 0 radical (unpaired) electrons. The number of pyridine rings is 1. The minimum atomic E-state index is -0.535. The predicted octanol–water partition coefficient (Wildman–Crippen LogP) is 5.58. The molecule has 1 saturated heterocycles. The Bertz CT molecular complexity index is 1420. The number of piperidine rings is 1. The first kappa shape index (κ1) is 26.5. The fourth-order valence-corrected chi connectivity index (χ4v) is 5.27. The number of H-pyrrole nitrogens is 1. The third-order valence-corrected chi connectivity index (χ3v) is 7.02. The van der Waals surface area contributed by atoms with E-state index in [1.165, 1.54) is 11.1 Å². The van der Waals surface area contributed by atoms with Crippen molar-refractivity contribution >= 4 is 22.9 Å². The summed E-state index contributed by atoms with van der Waals surface area (Å²) >= 11 is 0. The summed E-state index contributed by atoms with van der Waals surface area (Å²) in [6.45, 7) is 8.72. The summed E-state index contributed by atoms with van der Waals surface area (Å²) in [6, 6.07) is 22.5. The van der Waals surface area contributed by atoms with E-state index in [2.05, 4.69) is 34.1 Å². The number of carbonyl (C=O) groups is 1. The highest BCUT2D eigenvalue weighted by Gasteiger charge is 2.29. The van der Waals surface area contributed by atoms with Crippen molar-refractivity contribution in [2.45, 2.75) is 58.8 Å². The fraction of sp³-hybridized carbons (Fsp3) is 0.387. The van der Waals surface area contributed by atoms with Gasteiger partial charge in [-0.05, 0) is 56.7 Å². The lowest BCUT2D eigenvalue weighted by Gasteiger charge is -2.34. The van der Waals surface area contributed by atoms with Crippen LogP contribution in [0.25, 0.3) is 11.0 Å². The molecule has 0 aliphatic carbocycles. The second-order valence-corrected chi connectivity index (χ2v) is 11.3. The van der Waals surface area contributed by atoms with Crippen LogP contribution in [0.3, 0.4) is 0 Å². The largest absolute Gasteiger partial charge is 0.444 e. The molecule has 1 N–H and O–H groups in total. The number of aromatic nitrogens is 3. The molecule has 3 heterocycles. The van der Waals surface area contributed by atoms with Gasteiger partial charge in [0.15, 0.2) is 5.82 Å². The predicted molar refractivity (Wildman–Crippen MR) is 154 cm³/mol. The molecule has 39 heavy (non-hydrogen) atoms. The normalized spacial score (nSPS) is 15.9. The molecule has 0 spiro atoms. The van der Waals surface area contributed by atoms with Crippen LogP contribution in [0.5, 0.6) is 0 Å². The van der Waals surface area contributed by atoms with Crippen LogP contribution >= 0.6 is 0 Å². The van der Waals surface area contributed by atoms with Gasteiger partial charge < -0.3 is 19.5 Å². The van der Waals surface area contributed by atoms with E-state index in [0.717, 1.165) is 29.7 Å². The summed E-state index contributed by atoms with van der Waals surface area (Å²) in [5.41, 5.74) is 3.19. The standard InChI is InChI=1S/C31H37N5O3/c1-31(2,3)39-30(38)34-18-10-15-25(21-34)22-36-26-16-17-32-28(27(26)33-29(36)37)35(19-23-11-6-4-7-12-23)20-24-13-8-5-9-14-24/h4-9,11-14,16-17,25H,10,15,18-22H2,1-3H3,(H,33,37). The van der Waals surface area contributed by atoms with Crippen molar-refractivity contribution in [3.8, 4) is 0 Å². The van der Waals surface area contributed by atoms with Gasteiger partial charge in [-0.25, -0.2) is 14.6 Å². The molecule has 8 nitrogen and oxygen atoms in total. The third-order valence-electron chi connectivity index (χ3n) is 7.02. The number of ether oxygens (including phenoxy) is 1. The Morgan fingerprint density at radius 2 is 1.67 bits per heavy atom. The lowest BCUT2D eigenvalue weighted by Crippen LogP contribution is -2.44. The van der Waals surface area contributed by atoms with Crippen LogP contribution in [0.15, 0.2) is 77.7 Å². The van der Waals surface area contributed by atoms with Crippen LogP contribution in [0.2, 0.25) is 0 Å². The molecule has 1 fully saturated rings. The maximum absolute atomic E-state index is 13.3. The van der Waals surface area contributed by atoms with Gasteiger partial charge in [0.25, 0.3) is 0 Å². The van der Waals surface area contributed by atoms with Crippen LogP contribution in [-0.4, -0.2) is 44.2 Å². The summed E-state index contributed by atoms with van der Waals surface area (Å²) < 4.78 is 7.39. The summed E-state index contributed by atoms with van der Waals surface area (Å²) in [5, 5.41) is 0. The molecule has 1 unspecified atom stereocenters. The number of amides is 1. The van der Waals surface area contributed by atoms with Crippen molar-refractivity contribution in [3.05, 3.63) is 94.5 Å². The molecule has 0 saturated carbocycles. The maximum Gasteiger partial charge on any atom is 0.410 e. The highest BCUT2D eigenvalue weighted by Crippen LogP contribution is 2.27. The number of rotatable bonds is 7. The number of anilines is 1. The molecule has 8 heteroatoms. The van der Waals surface area contributed by atoms with E-state index in [0.29, 0.717) is 32.7 Å². The average molecular weight is 528 g/mol. The molecular formula is C31H37N5O3. The highest BCUT2D eigenvalue weighted by molar-refractivity contribution is 5.86. The number of likely N-dealkylation sites (tertiary alicyclic amines) is 1. The Morgan fingerprint density at radius 3 is 2.28 bits per heavy atom. The molecular weight excluding hydrogens is 490 g/mol. The van der Waals surface area contributed by atoms with Crippen molar-refractivity contribution < 1.29 is 9.53 Å². The minimum absolute atomic E-state index is 0.157. The smallest absolute Gasteiger partial charge is 0.410 e. The van der Waals surface area contributed by atoms with Crippen molar-refractivity contribution in [3.63, 3.8) is 0 Å². The molecule has 1 aliphatic rings. The van der Waals surface area contributed by atoms with Gasteiger partial charge in [0, 0.05) is 38.9 Å². The van der Waals surface area contributed by atoms with Crippen LogP contribution in [-0.2, 0) is 24.4 Å². The number of nitrogens with one attached hydrogen (secondary N) is 1. The second kappa shape index (κ2) is 11.4. The van der Waals surface area contributed by atoms with Crippen LogP contribution in [0, 0.1) is 5.92 Å². The fourth-order valence-electron chi connectivity index (χ4n) is 5.27. The molecule has 2 aromatic heterocycles. The molecule has 2 aromatic carbocycles. The molecule has 1 aliphatic heterocycles. The van der Waals surface area contributed by atoms with Gasteiger partial charge in [-0.3, -0.25) is 4.57 Å². The van der Waals surface area contributed by atoms with Gasteiger partial charge >= 0.3 is 11.8 Å². The number of imidazole rings is 1. The first-order valence-corrected chi connectivity index (χ1v) is 13.6. The van der Waals surface area contributed by atoms with Crippen molar-refractivity contribution in [1.29, 1.82) is 0 Å². The number of nitrogens with zero attached hydrogens (tertiary/aromatic N) is 4. The number of fused-ring (bicyclic) bond motifs is 1. The first-order valence-electron chi connectivity index (χ1n) is 13.6. The van der Waals surface area contributed by atoms with Crippen molar-refractivity contribution in [2.24, 2.45) is 5.92 Å². The van der Waals surface area contributed by atoms with Gasteiger partial charge in [-0.2, -0.15) is 0 Å². The lowest BCUT2D eigenvalue weighted by atomic mass is 9.98. The zero-order valence-electron chi connectivity index (χ0n) is 23.0. The number of hydrogen-bond acceptors (Lipinski definition) is 5. The SMILES string of the molecule is CC(C)(C)OC(=O)N1CCCC(Cn2c(=O)[nH]c3c(N(Cc4ccccc4)Cc4ccccc4)nccc32)C1. The summed E-state index contributed by atoms with van der Waals surface area (Å²) in [7, 11) is 0. The van der Waals surface area contributed by atoms with E-state index in [-0.39, 0.29) is 17.7 Å². The van der Waals surface area contributed by atoms with E-state index in [1.54, 1.807) is 15.7 Å². The van der Waals surface area contributed by atoms with E-state index in [9.17, 15) is 9.59 Å². The zero-order chi connectivity index (χ0) is 27.4. The Morgan fingerprint density at radius 1 is 1.03 bits per heavy atom. The van der Waals surface area contributed by atoms with Gasteiger partial charge in [0.05, 0.1) is 5.52 Å². The van der Waals surface area contributed by atoms with E-state index < -0.39 is 5.60 Å².